The highest BCUT2D eigenvalue weighted by atomic mass is 31.2. The normalized spacial score (nSPS) is 15.0. The van der Waals surface area contributed by atoms with Crippen LogP contribution in [-0.4, -0.2) is 30.6 Å². The lowest BCUT2D eigenvalue weighted by molar-refractivity contribution is -0.154. The molecule has 0 aromatic carbocycles. The molecular weight excluding hydrogens is 223 g/mol. The van der Waals surface area contributed by atoms with E-state index in [4.69, 9.17) is 4.74 Å². The highest BCUT2D eigenvalue weighted by molar-refractivity contribution is 7.64. The first-order valence-electron chi connectivity index (χ1n) is 5.71. The molecule has 1 unspecified atom stereocenters. The molecule has 3 nitrogen and oxygen atoms in total. The van der Waals surface area contributed by atoms with Gasteiger partial charge in [-0.2, -0.15) is 0 Å². The van der Waals surface area contributed by atoms with E-state index in [0.717, 1.165) is 0 Å². The van der Waals surface area contributed by atoms with Gasteiger partial charge in [0, 0.05) is 0 Å². The predicted octanol–water partition coefficient (Wildman–Crippen LogP) is 3.37. The van der Waals surface area contributed by atoms with Gasteiger partial charge in [0.05, 0.1) is 7.14 Å². The minimum Gasteiger partial charge on any atom is -0.459 e. The Kier molecular flexibility index (Phi) is 5.25. The molecule has 0 saturated carbocycles. The monoisotopic (exact) mass is 248 g/mol. The van der Waals surface area contributed by atoms with Gasteiger partial charge in [0.15, 0.2) is 0 Å². The number of rotatable bonds is 4. The van der Waals surface area contributed by atoms with Crippen molar-refractivity contribution in [2.45, 2.75) is 52.3 Å². The Morgan fingerprint density at radius 3 is 1.94 bits per heavy atom. The summed E-state index contributed by atoms with van der Waals surface area (Å²) in [6.07, 6.45) is 0.624. The van der Waals surface area contributed by atoms with Crippen LogP contribution in [0.15, 0.2) is 0 Å². The number of carbonyl (C=O) groups is 1. The maximum atomic E-state index is 12.1. The van der Waals surface area contributed by atoms with Crippen molar-refractivity contribution in [1.82, 2.24) is 0 Å². The highest BCUT2D eigenvalue weighted by Gasteiger charge is 2.34. The number of hydrogen-bond acceptors (Lipinski definition) is 3. The van der Waals surface area contributed by atoms with Crippen molar-refractivity contribution in [1.29, 1.82) is 0 Å². The van der Waals surface area contributed by atoms with Crippen LogP contribution < -0.4 is 0 Å². The van der Waals surface area contributed by atoms with E-state index >= 15 is 0 Å². The van der Waals surface area contributed by atoms with Crippen molar-refractivity contribution in [3.63, 3.8) is 0 Å². The van der Waals surface area contributed by atoms with Gasteiger partial charge in [0.2, 0.25) is 0 Å². The molecule has 0 aromatic rings. The molecule has 0 rings (SSSR count). The van der Waals surface area contributed by atoms with Crippen LogP contribution in [0.3, 0.4) is 0 Å². The molecule has 16 heavy (non-hydrogen) atoms. The molecule has 0 amide bonds. The average molecular weight is 248 g/mol. The van der Waals surface area contributed by atoms with Gasteiger partial charge in [-0.1, -0.05) is 13.8 Å². The van der Waals surface area contributed by atoms with Gasteiger partial charge in [0.1, 0.15) is 11.3 Å². The first-order valence-corrected chi connectivity index (χ1v) is 8.38. The summed E-state index contributed by atoms with van der Waals surface area (Å²) in [4.78, 5) is 11.9. The third-order valence-corrected chi connectivity index (χ3v) is 4.05. The minimum atomic E-state index is -2.45. The standard InChI is InChI=1S/C12H25O3P/c1-9(2)8-10(16(6,7)14)11(13)15-12(3,4)5/h9-10H,8H2,1-7H3. The summed E-state index contributed by atoms with van der Waals surface area (Å²) in [7, 11) is -2.45. The molecule has 0 spiro atoms. The molecule has 0 N–H and O–H groups in total. The first kappa shape index (κ1) is 15.7. The van der Waals surface area contributed by atoms with Crippen LogP contribution in [0, 0.1) is 5.92 Å². The Balaban J connectivity index is 4.79. The van der Waals surface area contributed by atoms with Crippen molar-refractivity contribution in [3.8, 4) is 0 Å². The Labute approximate surface area is 99.3 Å². The molecule has 0 radical (unpaired) electrons. The lowest BCUT2D eigenvalue weighted by atomic mass is 10.1. The Morgan fingerprint density at radius 1 is 1.25 bits per heavy atom. The SMILES string of the molecule is CC(C)CC(C(=O)OC(C)(C)C)P(C)(C)=O. The Hall–Kier alpha value is -0.300. The number of ether oxygens (including phenoxy) is 1. The summed E-state index contributed by atoms with van der Waals surface area (Å²) in [5, 5.41) is 0. The smallest absolute Gasteiger partial charge is 0.316 e. The molecule has 0 saturated heterocycles. The predicted molar refractivity (Wildman–Crippen MR) is 68.5 cm³/mol. The fourth-order valence-electron chi connectivity index (χ4n) is 1.42. The van der Waals surface area contributed by atoms with Crippen LogP contribution in [0.1, 0.15) is 41.0 Å². The molecule has 0 aromatic heterocycles. The van der Waals surface area contributed by atoms with Crippen molar-refractivity contribution in [2.24, 2.45) is 5.92 Å². The molecule has 1 atom stereocenters. The Bertz CT molecular complexity index is 283. The van der Waals surface area contributed by atoms with E-state index in [-0.39, 0.29) is 5.97 Å². The summed E-state index contributed by atoms with van der Waals surface area (Å²) in [5.74, 6) is 0.0141. The van der Waals surface area contributed by atoms with Crippen LogP contribution in [0.4, 0.5) is 0 Å². The largest absolute Gasteiger partial charge is 0.459 e. The molecule has 0 bridgehead atoms. The van der Waals surface area contributed by atoms with Gasteiger partial charge in [-0.25, -0.2) is 0 Å². The molecular formula is C12H25O3P. The van der Waals surface area contributed by atoms with Gasteiger partial charge in [-0.3, -0.25) is 4.79 Å². The third-order valence-electron chi connectivity index (χ3n) is 2.12. The summed E-state index contributed by atoms with van der Waals surface area (Å²) >= 11 is 0. The number of carbonyl (C=O) groups excluding carboxylic acids is 1. The molecule has 0 fully saturated rings. The lowest BCUT2D eigenvalue weighted by Gasteiger charge is -2.26. The molecule has 0 aliphatic rings. The second-order valence-electron chi connectivity index (χ2n) is 6.11. The first-order chi connectivity index (χ1) is 6.93. The van der Waals surface area contributed by atoms with Gasteiger partial charge >= 0.3 is 5.97 Å². The third kappa shape index (κ3) is 6.32. The molecule has 0 aliphatic heterocycles. The molecule has 0 aliphatic carbocycles. The summed E-state index contributed by atoms with van der Waals surface area (Å²) < 4.78 is 17.4. The lowest BCUT2D eigenvalue weighted by Crippen LogP contribution is -2.32. The number of hydrogen-bond donors (Lipinski definition) is 0. The summed E-state index contributed by atoms with van der Waals surface area (Å²) in [5.41, 5.74) is -0.978. The number of esters is 1. The maximum absolute atomic E-state index is 12.1. The van der Waals surface area contributed by atoms with Crippen LogP contribution in [0.2, 0.25) is 0 Å². The van der Waals surface area contributed by atoms with Crippen molar-refractivity contribution < 1.29 is 14.1 Å². The molecule has 0 heterocycles. The summed E-state index contributed by atoms with van der Waals surface area (Å²) in [6, 6.07) is 0. The Morgan fingerprint density at radius 2 is 1.69 bits per heavy atom. The molecule has 4 heteroatoms. The van der Waals surface area contributed by atoms with E-state index < -0.39 is 18.4 Å². The van der Waals surface area contributed by atoms with Gasteiger partial charge in [-0.05, 0) is 46.4 Å². The van der Waals surface area contributed by atoms with E-state index in [1.165, 1.54) is 0 Å². The second kappa shape index (κ2) is 5.35. The fraction of sp³-hybridized carbons (Fsp3) is 0.917. The maximum Gasteiger partial charge on any atom is 0.316 e. The average Bonchev–Trinajstić information content (AvgIpc) is 1.93. The van der Waals surface area contributed by atoms with Gasteiger partial charge in [-0.15, -0.1) is 0 Å². The van der Waals surface area contributed by atoms with Crippen LogP contribution >= 0.6 is 7.14 Å². The van der Waals surface area contributed by atoms with E-state index in [9.17, 15) is 9.36 Å². The van der Waals surface area contributed by atoms with Crippen LogP contribution in [0.25, 0.3) is 0 Å². The highest BCUT2D eigenvalue weighted by Crippen LogP contribution is 2.46. The summed E-state index contributed by atoms with van der Waals surface area (Å²) in [6.45, 7) is 12.8. The van der Waals surface area contributed by atoms with E-state index in [2.05, 4.69) is 0 Å². The van der Waals surface area contributed by atoms with Crippen LogP contribution in [0.5, 0.6) is 0 Å². The zero-order valence-electron chi connectivity index (χ0n) is 11.5. The van der Waals surface area contributed by atoms with E-state index in [1.807, 2.05) is 34.6 Å². The van der Waals surface area contributed by atoms with Crippen molar-refractivity contribution >= 4 is 13.1 Å². The topological polar surface area (TPSA) is 43.4 Å². The van der Waals surface area contributed by atoms with Gasteiger partial charge < -0.3 is 9.30 Å². The molecule has 96 valence electrons. The second-order valence-corrected chi connectivity index (χ2v) is 9.60. The van der Waals surface area contributed by atoms with Crippen LogP contribution in [-0.2, 0) is 14.1 Å². The van der Waals surface area contributed by atoms with Gasteiger partial charge in [0.25, 0.3) is 0 Å². The fourth-order valence-corrected chi connectivity index (χ4v) is 2.91. The van der Waals surface area contributed by atoms with Crippen molar-refractivity contribution in [3.05, 3.63) is 0 Å². The zero-order valence-corrected chi connectivity index (χ0v) is 12.4. The zero-order chi connectivity index (χ0) is 13.1. The quantitative estimate of drug-likeness (QED) is 0.566. The minimum absolute atomic E-state index is 0.325. The van der Waals surface area contributed by atoms with Crippen molar-refractivity contribution in [2.75, 3.05) is 13.3 Å². The van der Waals surface area contributed by atoms with E-state index in [1.54, 1.807) is 13.3 Å². The van der Waals surface area contributed by atoms with E-state index in [0.29, 0.717) is 12.3 Å².